The molecule has 3 rings (SSSR count). The SMILES string of the molecule is CCOc1ccc(/C=C/C(=O)OCC(=O)NC(C)c2cc3ccccc3o2)cc1OC. The maximum atomic E-state index is 12.1. The van der Waals surface area contributed by atoms with Crippen LogP contribution in [-0.4, -0.2) is 32.2 Å². The summed E-state index contributed by atoms with van der Waals surface area (Å²) < 4.78 is 21.5. The number of hydrogen-bond donors (Lipinski definition) is 1. The molecule has 2 aromatic carbocycles. The second-order valence-electron chi connectivity index (χ2n) is 6.76. The highest BCUT2D eigenvalue weighted by atomic mass is 16.5. The highest BCUT2D eigenvalue weighted by Crippen LogP contribution is 2.28. The van der Waals surface area contributed by atoms with Crippen LogP contribution in [0.25, 0.3) is 17.0 Å². The smallest absolute Gasteiger partial charge is 0.331 e. The van der Waals surface area contributed by atoms with Gasteiger partial charge in [0.15, 0.2) is 18.1 Å². The van der Waals surface area contributed by atoms with Gasteiger partial charge in [-0.2, -0.15) is 0 Å². The van der Waals surface area contributed by atoms with E-state index < -0.39 is 11.9 Å². The average molecular weight is 423 g/mol. The van der Waals surface area contributed by atoms with Gasteiger partial charge in [0.05, 0.1) is 19.8 Å². The zero-order valence-corrected chi connectivity index (χ0v) is 17.7. The standard InChI is InChI=1S/C24H25NO6/c1-4-29-20-11-9-17(13-22(20)28-3)10-12-24(27)30-15-23(26)25-16(2)21-14-18-7-5-6-8-19(18)31-21/h5-14,16H,4,15H2,1-3H3,(H,25,26)/b12-10+. The molecular weight excluding hydrogens is 398 g/mol. The van der Waals surface area contributed by atoms with E-state index in [1.54, 1.807) is 38.3 Å². The maximum absolute atomic E-state index is 12.1. The van der Waals surface area contributed by atoms with Crippen molar-refractivity contribution in [1.29, 1.82) is 0 Å². The fraction of sp³-hybridized carbons (Fsp3) is 0.250. The molecule has 1 N–H and O–H groups in total. The molecule has 1 unspecified atom stereocenters. The van der Waals surface area contributed by atoms with E-state index in [1.807, 2.05) is 37.3 Å². The van der Waals surface area contributed by atoms with Crippen LogP contribution in [0.5, 0.6) is 11.5 Å². The van der Waals surface area contributed by atoms with Crippen LogP contribution < -0.4 is 14.8 Å². The number of carbonyl (C=O) groups is 2. The molecule has 0 radical (unpaired) electrons. The van der Waals surface area contributed by atoms with Crippen molar-refractivity contribution in [2.45, 2.75) is 19.9 Å². The van der Waals surface area contributed by atoms with E-state index in [-0.39, 0.29) is 12.6 Å². The summed E-state index contributed by atoms with van der Waals surface area (Å²) in [5.41, 5.74) is 1.49. The number of ether oxygens (including phenoxy) is 3. The number of para-hydroxylation sites is 1. The Kier molecular flexibility index (Phi) is 7.32. The third-order valence-electron chi connectivity index (χ3n) is 4.49. The van der Waals surface area contributed by atoms with Crippen LogP contribution in [0.4, 0.5) is 0 Å². The first kappa shape index (κ1) is 22.0. The van der Waals surface area contributed by atoms with Crippen molar-refractivity contribution in [3.63, 3.8) is 0 Å². The van der Waals surface area contributed by atoms with E-state index >= 15 is 0 Å². The lowest BCUT2D eigenvalue weighted by Gasteiger charge is -2.11. The van der Waals surface area contributed by atoms with Crippen molar-refractivity contribution in [2.75, 3.05) is 20.3 Å². The number of benzene rings is 2. The Morgan fingerprint density at radius 2 is 1.94 bits per heavy atom. The van der Waals surface area contributed by atoms with Crippen LogP contribution in [0.3, 0.4) is 0 Å². The molecule has 1 heterocycles. The third kappa shape index (κ3) is 5.88. The van der Waals surface area contributed by atoms with Gasteiger partial charge < -0.3 is 23.9 Å². The quantitative estimate of drug-likeness (QED) is 0.408. The first-order valence-corrected chi connectivity index (χ1v) is 9.93. The number of nitrogens with one attached hydrogen (secondary N) is 1. The number of carbonyl (C=O) groups excluding carboxylic acids is 2. The van der Waals surface area contributed by atoms with Gasteiger partial charge in [-0.15, -0.1) is 0 Å². The van der Waals surface area contributed by atoms with Gasteiger partial charge in [-0.1, -0.05) is 24.3 Å². The fourth-order valence-electron chi connectivity index (χ4n) is 2.98. The summed E-state index contributed by atoms with van der Waals surface area (Å²) >= 11 is 0. The van der Waals surface area contributed by atoms with E-state index in [2.05, 4.69) is 5.32 Å². The maximum Gasteiger partial charge on any atom is 0.331 e. The van der Waals surface area contributed by atoms with Gasteiger partial charge in [-0.25, -0.2) is 4.79 Å². The van der Waals surface area contributed by atoms with Crippen LogP contribution in [0.1, 0.15) is 31.2 Å². The second kappa shape index (κ2) is 10.3. The fourth-order valence-corrected chi connectivity index (χ4v) is 2.98. The van der Waals surface area contributed by atoms with Crippen LogP contribution >= 0.6 is 0 Å². The lowest BCUT2D eigenvalue weighted by Crippen LogP contribution is -2.30. The van der Waals surface area contributed by atoms with Gasteiger partial charge in [0.1, 0.15) is 11.3 Å². The zero-order valence-electron chi connectivity index (χ0n) is 17.7. The number of amides is 1. The van der Waals surface area contributed by atoms with Crippen LogP contribution in [0.2, 0.25) is 0 Å². The average Bonchev–Trinajstić information content (AvgIpc) is 3.21. The molecule has 1 atom stereocenters. The van der Waals surface area contributed by atoms with E-state index in [0.29, 0.717) is 23.9 Å². The van der Waals surface area contributed by atoms with Gasteiger partial charge in [-0.05, 0) is 49.8 Å². The van der Waals surface area contributed by atoms with Crippen molar-refractivity contribution in [3.8, 4) is 11.5 Å². The molecular formula is C24H25NO6. The molecule has 0 spiro atoms. The summed E-state index contributed by atoms with van der Waals surface area (Å²) in [4.78, 5) is 24.1. The number of methoxy groups -OCH3 is 1. The predicted octanol–water partition coefficient (Wildman–Crippen LogP) is 4.27. The molecule has 0 saturated carbocycles. The van der Waals surface area contributed by atoms with Crippen molar-refractivity contribution >= 4 is 28.9 Å². The van der Waals surface area contributed by atoms with Crippen molar-refractivity contribution in [2.24, 2.45) is 0 Å². The zero-order chi connectivity index (χ0) is 22.2. The molecule has 7 nitrogen and oxygen atoms in total. The lowest BCUT2D eigenvalue weighted by atomic mass is 10.2. The van der Waals surface area contributed by atoms with Crippen LogP contribution in [-0.2, 0) is 14.3 Å². The summed E-state index contributed by atoms with van der Waals surface area (Å²) in [7, 11) is 1.55. The normalized spacial score (nSPS) is 12.0. The molecule has 1 amide bonds. The highest BCUT2D eigenvalue weighted by molar-refractivity contribution is 5.89. The first-order valence-electron chi connectivity index (χ1n) is 9.93. The number of rotatable bonds is 9. The molecule has 0 aliphatic heterocycles. The summed E-state index contributed by atoms with van der Waals surface area (Å²) in [5, 5.41) is 3.71. The Bertz CT molecular complexity index is 1050. The predicted molar refractivity (Wildman–Crippen MR) is 117 cm³/mol. The van der Waals surface area contributed by atoms with E-state index in [1.165, 1.54) is 6.08 Å². The van der Waals surface area contributed by atoms with Crippen molar-refractivity contribution < 1.29 is 28.2 Å². The molecule has 0 aliphatic rings. The summed E-state index contributed by atoms with van der Waals surface area (Å²) in [6.45, 7) is 3.82. The van der Waals surface area contributed by atoms with Gasteiger partial charge in [0, 0.05) is 11.5 Å². The van der Waals surface area contributed by atoms with Crippen LogP contribution in [0, 0.1) is 0 Å². The largest absolute Gasteiger partial charge is 0.493 e. The molecule has 0 fully saturated rings. The van der Waals surface area contributed by atoms with Crippen molar-refractivity contribution in [1.82, 2.24) is 5.32 Å². The van der Waals surface area contributed by atoms with E-state index in [0.717, 1.165) is 16.5 Å². The highest BCUT2D eigenvalue weighted by Gasteiger charge is 2.15. The number of furan rings is 1. The van der Waals surface area contributed by atoms with E-state index in [4.69, 9.17) is 18.6 Å². The van der Waals surface area contributed by atoms with Gasteiger partial charge in [0.2, 0.25) is 0 Å². The molecule has 0 bridgehead atoms. The minimum Gasteiger partial charge on any atom is -0.493 e. The molecule has 0 saturated heterocycles. The Balaban J connectivity index is 1.50. The summed E-state index contributed by atoms with van der Waals surface area (Å²) in [6, 6.07) is 14.4. The van der Waals surface area contributed by atoms with Gasteiger partial charge in [0.25, 0.3) is 5.91 Å². The third-order valence-corrected chi connectivity index (χ3v) is 4.49. The van der Waals surface area contributed by atoms with Gasteiger partial charge >= 0.3 is 5.97 Å². The number of esters is 1. The molecule has 7 heteroatoms. The molecule has 3 aromatic rings. The summed E-state index contributed by atoms with van der Waals surface area (Å²) in [5.74, 6) is 0.776. The Morgan fingerprint density at radius 3 is 2.68 bits per heavy atom. The van der Waals surface area contributed by atoms with Crippen LogP contribution in [0.15, 0.2) is 59.0 Å². The van der Waals surface area contributed by atoms with Crippen molar-refractivity contribution in [3.05, 3.63) is 65.9 Å². The number of fused-ring (bicyclic) bond motifs is 1. The lowest BCUT2D eigenvalue weighted by molar-refractivity contribution is -0.144. The van der Waals surface area contributed by atoms with E-state index in [9.17, 15) is 9.59 Å². The molecule has 31 heavy (non-hydrogen) atoms. The topological polar surface area (TPSA) is 87.0 Å². The minimum absolute atomic E-state index is 0.356. The second-order valence-corrected chi connectivity index (χ2v) is 6.76. The molecule has 1 aromatic heterocycles. The molecule has 0 aliphatic carbocycles. The molecule has 162 valence electrons. The minimum atomic E-state index is -0.626. The Labute approximate surface area is 180 Å². The Hall–Kier alpha value is -3.74. The summed E-state index contributed by atoms with van der Waals surface area (Å²) in [6.07, 6.45) is 2.83. The number of hydrogen-bond acceptors (Lipinski definition) is 6. The first-order chi connectivity index (χ1) is 15.0. The Morgan fingerprint density at radius 1 is 1.13 bits per heavy atom. The van der Waals surface area contributed by atoms with Gasteiger partial charge in [-0.3, -0.25) is 4.79 Å². The monoisotopic (exact) mass is 423 g/mol.